The summed E-state index contributed by atoms with van der Waals surface area (Å²) < 4.78 is 19.2. The van der Waals surface area contributed by atoms with Crippen LogP contribution in [0.2, 0.25) is 0 Å². The van der Waals surface area contributed by atoms with Gasteiger partial charge in [0.05, 0.1) is 18.7 Å². The Bertz CT molecular complexity index is 577. The average molecular weight is 355 g/mol. The van der Waals surface area contributed by atoms with Crippen LogP contribution in [0, 0.1) is 5.82 Å². The van der Waals surface area contributed by atoms with E-state index in [1.807, 2.05) is 13.8 Å². The summed E-state index contributed by atoms with van der Waals surface area (Å²) in [7, 11) is 0. The molecule has 0 saturated carbocycles. The molecule has 1 heterocycles. The Morgan fingerprint density at radius 3 is 2.62 bits per heavy atom. The SMILES string of the molecule is C[C@H]1C[NH+](CCC(=O)NNC(=S)Nc2ccccc2F)C[C@H](C)O1. The quantitative estimate of drug-likeness (QED) is 0.460. The number of rotatable bonds is 4. The van der Waals surface area contributed by atoms with E-state index in [1.165, 1.54) is 11.0 Å². The van der Waals surface area contributed by atoms with E-state index in [0.29, 0.717) is 6.42 Å². The summed E-state index contributed by atoms with van der Waals surface area (Å²) in [4.78, 5) is 13.2. The molecule has 6 nitrogen and oxygen atoms in total. The van der Waals surface area contributed by atoms with Gasteiger partial charge in [-0.1, -0.05) is 12.1 Å². The highest BCUT2D eigenvalue weighted by Gasteiger charge is 2.25. The molecule has 0 aromatic heterocycles. The third-order valence-electron chi connectivity index (χ3n) is 3.76. The maximum atomic E-state index is 13.5. The Kier molecular flexibility index (Phi) is 6.89. The number of hydrazine groups is 1. The van der Waals surface area contributed by atoms with Crippen LogP contribution in [0.1, 0.15) is 20.3 Å². The van der Waals surface area contributed by atoms with Crippen LogP contribution in [0.5, 0.6) is 0 Å². The smallest absolute Gasteiger partial charge is 0.244 e. The van der Waals surface area contributed by atoms with Crippen molar-refractivity contribution in [2.45, 2.75) is 32.5 Å². The average Bonchev–Trinajstić information content (AvgIpc) is 2.52. The van der Waals surface area contributed by atoms with E-state index in [0.717, 1.165) is 19.6 Å². The Hall–Kier alpha value is -1.77. The second-order valence-corrected chi connectivity index (χ2v) is 6.43. The Balaban J connectivity index is 1.67. The number of quaternary nitrogens is 1. The number of thiocarbonyl (C=S) groups is 1. The molecule has 132 valence electrons. The predicted molar refractivity (Wildman–Crippen MR) is 94.1 cm³/mol. The van der Waals surface area contributed by atoms with Crippen LogP contribution < -0.4 is 21.1 Å². The Morgan fingerprint density at radius 1 is 1.29 bits per heavy atom. The molecule has 1 saturated heterocycles. The second kappa shape index (κ2) is 8.91. The van der Waals surface area contributed by atoms with Gasteiger partial charge in [-0.05, 0) is 38.2 Å². The Morgan fingerprint density at radius 2 is 1.96 bits per heavy atom. The molecule has 4 N–H and O–H groups in total. The number of benzene rings is 1. The molecule has 1 aromatic carbocycles. The lowest BCUT2D eigenvalue weighted by Gasteiger charge is -2.32. The first-order valence-electron chi connectivity index (χ1n) is 8.03. The Labute approximate surface area is 146 Å². The third-order valence-corrected chi connectivity index (χ3v) is 3.96. The van der Waals surface area contributed by atoms with E-state index >= 15 is 0 Å². The van der Waals surface area contributed by atoms with Crippen molar-refractivity contribution in [2.75, 3.05) is 25.0 Å². The molecule has 1 aliphatic heterocycles. The van der Waals surface area contributed by atoms with E-state index in [-0.39, 0.29) is 28.9 Å². The van der Waals surface area contributed by atoms with Gasteiger partial charge in [0.15, 0.2) is 5.11 Å². The molecule has 1 amide bonds. The number of hydrogen-bond acceptors (Lipinski definition) is 3. The number of anilines is 1. The monoisotopic (exact) mass is 355 g/mol. The van der Waals surface area contributed by atoms with Crippen molar-refractivity contribution in [3.63, 3.8) is 0 Å². The summed E-state index contributed by atoms with van der Waals surface area (Å²) in [6.45, 7) is 6.63. The first-order chi connectivity index (χ1) is 11.4. The number of nitrogens with one attached hydrogen (secondary N) is 4. The van der Waals surface area contributed by atoms with Gasteiger partial charge in [-0.25, -0.2) is 4.39 Å². The van der Waals surface area contributed by atoms with Gasteiger partial charge < -0.3 is 15.0 Å². The number of halogens is 1. The van der Waals surface area contributed by atoms with Gasteiger partial charge in [0.2, 0.25) is 5.91 Å². The van der Waals surface area contributed by atoms with Crippen molar-refractivity contribution in [2.24, 2.45) is 0 Å². The first kappa shape index (κ1) is 18.6. The molecule has 2 rings (SSSR count). The number of morpholine rings is 1. The van der Waals surface area contributed by atoms with Gasteiger partial charge in [0.1, 0.15) is 31.1 Å². The zero-order valence-electron chi connectivity index (χ0n) is 13.9. The van der Waals surface area contributed by atoms with E-state index in [9.17, 15) is 9.18 Å². The standard InChI is InChI=1S/C16H23FN4O2S/c1-11-9-21(10-12(2)23-11)8-7-15(22)19-20-16(24)18-14-6-4-3-5-13(14)17/h3-6,11-12H,7-10H2,1-2H3,(H,19,22)(H2,18,20,24)/p+1/t11-,12-/m0/s1. The van der Waals surface area contributed by atoms with E-state index in [4.69, 9.17) is 17.0 Å². The molecule has 0 radical (unpaired) electrons. The minimum atomic E-state index is -0.410. The van der Waals surface area contributed by atoms with Crippen molar-refractivity contribution in [3.8, 4) is 0 Å². The van der Waals surface area contributed by atoms with Gasteiger partial charge in [-0.3, -0.25) is 15.6 Å². The van der Waals surface area contributed by atoms with Crippen LogP contribution in [0.15, 0.2) is 24.3 Å². The summed E-state index contributed by atoms with van der Waals surface area (Å²) in [6.07, 6.45) is 0.800. The molecule has 8 heteroatoms. The molecule has 0 unspecified atom stereocenters. The van der Waals surface area contributed by atoms with E-state index in [1.54, 1.807) is 18.2 Å². The molecule has 0 spiro atoms. The zero-order valence-corrected chi connectivity index (χ0v) is 14.7. The van der Waals surface area contributed by atoms with Crippen molar-refractivity contribution < 1.29 is 18.8 Å². The fourth-order valence-corrected chi connectivity index (χ4v) is 2.95. The van der Waals surface area contributed by atoms with Crippen molar-refractivity contribution in [3.05, 3.63) is 30.1 Å². The normalized spacial score (nSPS) is 23.4. The fourth-order valence-electron chi connectivity index (χ4n) is 2.79. The highest BCUT2D eigenvalue weighted by atomic mass is 32.1. The van der Waals surface area contributed by atoms with Gasteiger partial charge >= 0.3 is 0 Å². The molecular weight excluding hydrogens is 331 g/mol. The third kappa shape index (κ3) is 6.03. The topological polar surface area (TPSA) is 66.8 Å². The van der Waals surface area contributed by atoms with Crippen molar-refractivity contribution in [1.29, 1.82) is 0 Å². The molecule has 0 aliphatic carbocycles. The fraction of sp³-hybridized carbons (Fsp3) is 0.500. The minimum Gasteiger partial charge on any atom is -0.364 e. The predicted octanol–water partition coefficient (Wildman–Crippen LogP) is 0.226. The number of amides is 1. The van der Waals surface area contributed by atoms with Gasteiger partial charge in [0, 0.05) is 0 Å². The summed E-state index contributed by atoms with van der Waals surface area (Å²) in [5.41, 5.74) is 5.36. The maximum Gasteiger partial charge on any atom is 0.244 e. The second-order valence-electron chi connectivity index (χ2n) is 6.02. The number of carbonyl (C=O) groups is 1. The number of ether oxygens (including phenoxy) is 1. The van der Waals surface area contributed by atoms with Crippen LogP contribution in [0.3, 0.4) is 0 Å². The van der Waals surface area contributed by atoms with Crippen LogP contribution in [-0.4, -0.2) is 42.9 Å². The summed E-state index contributed by atoms with van der Waals surface area (Å²) in [5, 5.41) is 2.83. The largest absolute Gasteiger partial charge is 0.364 e. The molecule has 24 heavy (non-hydrogen) atoms. The van der Waals surface area contributed by atoms with Gasteiger partial charge in [-0.15, -0.1) is 0 Å². The first-order valence-corrected chi connectivity index (χ1v) is 8.44. The number of hydrogen-bond donors (Lipinski definition) is 4. The van der Waals surface area contributed by atoms with E-state index in [2.05, 4.69) is 16.2 Å². The lowest BCUT2D eigenvalue weighted by Crippen LogP contribution is -3.15. The summed E-state index contributed by atoms with van der Waals surface area (Å²) in [5.74, 6) is -0.570. The van der Waals surface area contributed by atoms with Crippen LogP contribution in [0.4, 0.5) is 10.1 Å². The highest BCUT2D eigenvalue weighted by Crippen LogP contribution is 2.11. The van der Waals surface area contributed by atoms with Gasteiger partial charge in [-0.2, -0.15) is 0 Å². The summed E-state index contributed by atoms with van der Waals surface area (Å²) >= 11 is 5.03. The van der Waals surface area contributed by atoms with Crippen LogP contribution in [0.25, 0.3) is 0 Å². The number of carbonyl (C=O) groups excluding carboxylic acids is 1. The van der Waals surface area contributed by atoms with Crippen LogP contribution >= 0.6 is 12.2 Å². The lowest BCUT2D eigenvalue weighted by atomic mass is 10.2. The molecular formula is C16H24FN4O2S+. The van der Waals surface area contributed by atoms with Crippen LogP contribution in [-0.2, 0) is 9.53 Å². The molecule has 1 aromatic rings. The molecule has 1 aliphatic rings. The minimum absolute atomic E-state index is 0.134. The summed E-state index contributed by atoms with van der Waals surface area (Å²) in [6, 6.07) is 6.18. The van der Waals surface area contributed by atoms with Crippen molar-refractivity contribution >= 4 is 28.9 Å². The van der Waals surface area contributed by atoms with Gasteiger partial charge in [0.25, 0.3) is 0 Å². The maximum absolute atomic E-state index is 13.5. The molecule has 2 atom stereocenters. The number of para-hydroxylation sites is 1. The highest BCUT2D eigenvalue weighted by molar-refractivity contribution is 7.80. The zero-order chi connectivity index (χ0) is 17.5. The molecule has 1 fully saturated rings. The lowest BCUT2D eigenvalue weighted by molar-refractivity contribution is -0.914. The van der Waals surface area contributed by atoms with Crippen molar-refractivity contribution in [1.82, 2.24) is 10.9 Å². The van der Waals surface area contributed by atoms with E-state index < -0.39 is 5.82 Å². The molecule has 0 bridgehead atoms.